The van der Waals surface area contributed by atoms with Crippen LogP contribution in [0.4, 0.5) is 0 Å². The van der Waals surface area contributed by atoms with Crippen molar-refractivity contribution in [2.24, 2.45) is 0 Å². The molecule has 30 heavy (non-hydrogen) atoms. The number of aryl methyl sites for hydroxylation is 1. The van der Waals surface area contributed by atoms with Gasteiger partial charge in [-0.15, -0.1) is 0 Å². The van der Waals surface area contributed by atoms with Gasteiger partial charge in [0.1, 0.15) is 5.82 Å². The standard InChI is InChI=1S/C25H25N3O2/c1-16(2)28-23-15-21(19-9-5-4-6-10-19)17(3)12-22(23)26-24(28)14-18-8-7-11-20(13-18)25(29)27-30/h4-13,15-16,30H,14H2,1-3H3,(H,27,29). The Morgan fingerprint density at radius 1 is 1.07 bits per heavy atom. The monoisotopic (exact) mass is 399 g/mol. The molecule has 1 heterocycles. The molecule has 0 fully saturated rings. The lowest BCUT2D eigenvalue weighted by Crippen LogP contribution is -2.18. The molecule has 4 rings (SSSR count). The molecule has 0 bridgehead atoms. The van der Waals surface area contributed by atoms with Crippen molar-refractivity contribution in [2.45, 2.75) is 33.2 Å². The molecule has 152 valence electrons. The van der Waals surface area contributed by atoms with E-state index in [2.05, 4.69) is 61.7 Å². The fourth-order valence-electron chi connectivity index (χ4n) is 3.99. The summed E-state index contributed by atoms with van der Waals surface area (Å²) in [5.41, 5.74) is 8.75. The van der Waals surface area contributed by atoms with Crippen LogP contribution in [0.3, 0.4) is 0 Å². The van der Waals surface area contributed by atoms with Gasteiger partial charge < -0.3 is 4.57 Å². The molecule has 0 saturated carbocycles. The quantitative estimate of drug-likeness (QED) is 0.353. The van der Waals surface area contributed by atoms with E-state index < -0.39 is 5.91 Å². The lowest BCUT2D eigenvalue weighted by atomic mass is 10.00. The van der Waals surface area contributed by atoms with E-state index in [4.69, 9.17) is 10.2 Å². The first-order valence-corrected chi connectivity index (χ1v) is 10.1. The van der Waals surface area contributed by atoms with Crippen LogP contribution < -0.4 is 5.48 Å². The first-order chi connectivity index (χ1) is 14.5. The van der Waals surface area contributed by atoms with E-state index >= 15 is 0 Å². The molecule has 0 aliphatic heterocycles. The molecular weight excluding hydrogens is 374 g/mol. The molecule has 2 N–H and O–H groups in total. The Kier molecular flexibility index (Phi) is 5.38. The lowest BCUT2D eigenvalue weighted by molar-refractivity contribution is 0.0706. The number of hydrogen-bond donors (Lipinski definition) is 2. The second-order valence-corrected chi connectivity index (χ2v) is 7.83. The van der Waals surface area contributed by atoms with Gasteiger partial charge in [0.2, 0.25) is 0 Å². The van der Waals surface area contributed by atoms with Crippen LogP contribution in [0.15, 0.2) is 66.7 Å². The van der Waals surface area contributed by atoms with Crippen LogP contribution in [0, 0.1) is 6.92 Å². The van der Waals surface area contributed by atoms with E-state index in [0.717, 1.165) is 22.4 Å². The second kappa shape index (κ2) is 8.13. The summed E-state index contributed by atoms with van der Waals surface area (Å²) < 4.78 is 2.26. The molecule has 0 unspecified atom stereocenters. The van der Waals surface area contributed by atoms with Crippen molar-refractivity contribution in [3.05, 3.63) is 89.2 Å². The molecule has 3 aromatic carbocycles. The summed E-state index contributed by atoms with van der Waals surface area (Å²) in [6, 6.07) is 22.3. The normalized spacial score (nSPS) is 11.2. The summed E-state index contributed by atoms with van der Waals surface area (Å²) in [4.78, 5) is 16.7. The molecule has 1 amide bonds. The summed E-state index contributed by atoms with van der Waals surface area (Å²) >= 11 is 0. The highest BCUT2D eigenvalue weighted by molar-refractivity contribution is 5.93. The Morgan fingerprint density at radius 2 is 1.83 bits per heavy atom. The smallest absolute Gasteiger partial charge is 0.274 e. The van der Waals surface area contributed by atoms with Gasteiger partial charge in [-0.05, 0) is 67.3 Å². The number of amides is 1. The number of carbonyl (C=O) groups excluding carboxylic acids is 1. The van der Waals surface area contributed by atoms with Gasteiger partial charge in [0, 0.05) is 18.0 Å². The van der Waals surface area contributed by atoms with Gasteiger partial charge in [0.15, 0.2) is 0 Å². The number of fused-ring (bicyclic) bond motifs is 1. The molecule has 1 aromatic heterocycles. The van der Waals surface area contributed by atoms with Crippen LogP contribution >= 0.6 is 0 Å². The number of hydrogen-bond acceptors (Lipinski definition) is 3. The maximum atomic E-state index is 11.8. The highest BCUT2D eigenvalue weighted by Gasteiger charge is 2.17. The topological polar surface area (TPSA) is 67.2 Å². The Bertz CT molecular complexity index is 1210. The van der Waals surface area contributed by atoms with Gasteiger partial charge in [0.25, 0.3) is 5.91 Å². The van der Waals surface area contributed by atoms with E-state index in [0.29, 0.717) is 12.0 Å². The van der Waals surface area contributed by atoms with E-state index in [1.165, 1.54) is 16.7 Å². The van der Waals surface area contributed by atoms with Crippen molar-refractivity contribution in [3.8, 4) is 11.1 Å². The third-order valence-electron chi connectivity index (χ3n) is 5.36. The predicted octanol–water partition coefficient (Wildman–Crippen LogP) is 5.30. The SMILES string of the molecule is Cc1cc2nc(Cc3cccc(C(=O)NO)c3)n(C(C)C)c2cc1-c1ccccc1. The second-order valence-electron chi connectivity index (χ2n) is 7.83. The molecule has 5 heteroatoms. The van der Waals surface area contributed by atoms with Gasteiger partial charge in [-0.3, -0.25) is 10.0 Å². The Balaban J connectivity index is 1.81. The van der Waals surface area contributed by atoms with Gasteiger partial charge in [0.05, 0.1) is 11.0 Å². The van der Waals surface area contributed by atoms with Crippen molar-refractivity contribution in [1.29, 1.82) is 0 Å². The number of carbonyl (C=O) groups is 1. The van der Waals surface area contributed by atoms with Gasteiger partial charge >= 0.3 is 0 Å². The summed E-state index contributed by atoms with van der Waals surface area (Å²) in [6.07, 6.45) is 0.596. The zero-order valence-electron chi connectivity index (χ0n) is 17.4. The molecule has 0 aliphatic rings. The third kappa shape index (κ3) is 3.72. The van der Waals surface area contributed by atoms with Gasteiger partial charge in [-0.2, -0.15) is 0 Å². The molecule has 0 atom stereocenters. The molecular formula is C25H25N3O2. The Hall–Kier alpha value is -3.44. The van der Waals surface area contributed by atoms with Crippen molar-refractivity contribution >= 4 is 16.9 Å². The highest BCUT2D eigenvalue weighted by atomic mass is 16.5. The maximum Gasteiger partial charge on any atom is 0.274 e. The van der Waals surface area contributed by atoms with E-state index in [-0.39, 0.29) is 6.04 Å². The van der Waals surface area contributed by atoms with Gasteiger partial charge in [-0.1, -0.05) is 42.5 Å². The minimum absolute atomic E-state index is 0.236. The number of nitrogens with zero attached hydrogens (tertiary/aromatic N) is 2. The van der Waals surface area contributed by atoms with Crippen LogP contribution in [0.25, 0.3) is 22.2 Å². The van der Waals surface area contributed by atoms with Crippen molar-refractivity contribution in [3.63, 3.8) is 0 Å². The van der Waals surface area contributed by atoms with Crippen molar-refractivity contribution in [1.82, 2.24) is 15.0 Å². The minimum Gasteiger partial charge on any atom is -0.325 e. The van der Waals surface area contributed by atoms with Crippen LogP contribution in [0.5, 0.6) is 0 Å². The molecule has 0 spiro atoms. The Morgan fingerprint density at radius 3 is 2.53 bits per heavy atom. The number of rotatable bonds is 5. The molecule has 4 aromatic rings. The minimum atomic E-state index is -0.516. The molecule has 0 aliphatic carbocycles. The number of hydroxylamine groups is 1. The molecule has 0 radical (unpaired) electrons. The first-order valence-electron chi connectivity index (χ1n) is 10.1. The summed E-state index contributed by atoms with van der Waals surface area (Å²) in [6.45, 7) is 6.43. The predicted molar refractivity (Wildman–Crippen MR) is 119 cm³/mol. The lowest BCUT2D eigenvalue weighted by Gasteiger charge is -2.14. The van der Waals surface area contributed by atoms with E-state index in [1.54, 1.807) is 17.6 Å². The zero-order valence-corrected chi connectivity index (χ0v) is 17.4. The summed E-state index contributed by atoms with van der Waals surface area (Å²) in [5, 5.41) is 8.91. The van der Waals surface area contributed by atoms with Gasteiger partial charge in [-0.25, -0.2) is 10.5 Å². The van der Waals surface area contributed by atoms with E-state index in [9.17, 15) is 4.79 Å². The largest absolute Gasteiger partial charge is 0.325 e. The van der Waals surface area contributed by atoms with Crippen molar-refractivity contribution in [2.75, 3.05) is 0 Å². The number of aromatic nitrogens is 2. The number of nitrogens with one attached hydrogen (secondary N) is 1. The number of imidazole rings is 1. The van der Waals surface area contributed by atoms with Crippen molar-refractivity contribution < 1.29 is 10.0 Å². The zero-order chi connectivity index (χ0) is 21.3. The first kappa shape index (κ1) is 19.9. The number of benzene rings is 3. The average molecular weight is 399 g/mol. The molecule has 0 saturated heterocycles. The van der Waals surface area contributed by atoms with Crippen LogP contribution in [-0.4, -0.2) is 20.7 Å². The highest BCUT2D eigenvalue weighted by Crippen LogP contribution is 2.31. The third-order valence-corrected chi connectivity index (χ3v) is 5.36. The molecule has 5 nitrogen and oxygen atoms in total. The summed E-state index contributed by atoms with van der Waals surface area (Å²) in [7, 11) is 0. The van der Waals surface area contributed by atoms with E-state index in [1.807, 2.05) is 18.2 Å². The Labute approximate surface area is 176 Å². The fourth-order valence-corrected chi connectivity index (χ4v) is 3.99. The van der Waals surface area contributed by atoms with Crippen LogP contribution in [-0.2, 0) is 6.42 Å². The average Bonchev–Trinajstić information content (AvgIpc) is 3.10. The fraction of sp³-hybridized carbons (Fsp3) is 0.200. The maximum absolute atomic E-state index is 11.8. The van der Waals surface area contributed by atoms with Crippen LogP contribution in [0.2, 0.25) is 0 Å². The van der Waals surface area contributed by atoms with Crippen LogP contribution in [0.1, 0.15) is 47.2 Å². The summed E-state index contributed by atoms with van der Waals surface area (Å²) in [5.74, 6) is 0.434.